The molecule has 112 valence electrons. The van der Waals surface area contributed by atoms with Crippen molar-refractivity contribution in [3.8, 4) is 0 Å². The van der Waals surface area contributed by atoms with E-state index in [1.807, 2.05) is 24.7 Å². The van der Waals surface area contributed by atoms with E-state index in [-0.39, 0.29) is 4.08 Å². The van der Waals surface area contributed by atoms with Crippen molar-refractivity contribution in [2.24, 2.45) is 5.92 Å². The molecule has 0 amide bonds. The first-order chi connectivity index (χ1) is 10.2. The van der Waals surface area contributed by atoms with Crippen LogP contribution in [0.2, 0.25) is 5.02 Å². The minimum atomic E-state index is 0.195. The van der Waals surface area contributed by atoms with Crippen molar-refractivity contribution < 1.29 is 0 Å². The van der Waals surface area contributed by atoms with Crippen LogP contribution in [0, 0.1) is 5.92 Å². The Morgan fingerprint density at radius 3 is 2.62 bits per heavy atom. The summed E-state index contributed by atoms with van der Waals surface area (Å²) in [4.78, 5) is 4.18. The minimum Gasteiger partial charge on any atom is -0.335 e. The van der Waals surface area contributed by atoms with Gasteiger partial charge in [0.05, 0.1) is 10.4 Å². The molecule has 2 heterocycles. The third-order valence-corrected chi connectivity index (χ3v) is 7.66. The van der Waals surface area contributed by atoms with E-state index in [9.17, 15) is 0 Å². The van der Waals surface area contributed by atoms with Crippen LogP contribution in [0.5, 0.6) is 0 Å². The highest BCUT2D eigenvalue weighted by Crippen LogP contribution is 2.47. The zero-order chi connectivity index (χ0) is 14.7. The van der Waals surface area contributed by atoms with E-state index in [0.29, 0.717) is 0 Å². The van der Waals surface area contributed by atoms with Gasteiger partial charge in [-0.3, -0.25) is 0 Å². The molecule has 0 aliphatic carbocycles. The van der Waals surface area contributed by atoms with E-state index in [4.69, 9.17) is 11.6 Å². The summed E-state index contributed by atoms with van der Waals surface area (Å²) in [5.41, 5.74) is 1.36. The maximum Gasteiger partial charge on any atom is 0.0946 e. The molecule has 1 saturated heterocycles. The molecule has 2 nitrogen and oxygen atoms in total. The van der Waals surface area contributed by atoms with Crippen molar-refractivity contribution in [1.29, 1.82) is 0 Å². The second-order valence-electron chi connectivity index (χ2n) is 5.68. The number of rotatable bonds is 4. The Morgan fingerprint density at radius 2 is 2.00 bits per heavy atom. The van der Waals surface area contributed by atoms with Crippen molar-refractivity contribution in [1.82, 2.24) is 9.55 Å². The van der Waals surface area contributed by atoms with Gasteiger partial charge in [-0.05, 0) is 41.5 Å². The van der Waals surface area contributed by atoms with Crippen molar-refractivity contribution in [2.45, 2.75) is 24.0 Å². The number of thioether (sulfide) groups is 2. The van der Waals surface area contributed by atoms with Crippen molar-refractivity contribution in [3.05, 3.63) is 53.6 Å². The Bertz CT molecular complexity index is 560. The van der Waals surface area contributed by atoms with Crippen LogP contribution in [0.15, 0.2) is 43.0 Å². The van der Waals surface area contributed by atoms with Gasteiger partial charge in [0, 0.05) is 24.0 Å². The molecule has 1 aliphatic heterocycles. The van der Waals surface area contributed by atoms with Gasteiger partial charge in [-0.15, -0.1) is 23.5 Å². The Hall–Kier alpha value is -0.580. The summed E-state index contributed by atoms with van der Waals surface area (Å²) in [5.74, 6) is 3.26. The molecule has 1 aromatic carbocycles. The van der Waals surface area contributed by atoms with Gasteiger partial charge in [0.2, 0.25) is 0 Å². The van der Waals surface area contributed by atoms with Gasteiger partial charge in [0.25, 0.3) is 0 Å². The van der Waals surface area contributed by atoms with E-state index < -0.39 is 0 Å². The third-order valence-electron chi connectivity index (χ3n) is 3.63. The minimum absolute atomic E-state index is 0.195. The first kappa shape index (κ1) is 15.3. The predicted octanol–water partition coefficient (Wildman–Crippen LogP) is 4.59. The summed E-state index contributed by atoms with van der Waals surface area (Å²) >= 11 is 10.2. The second kappa shape index (κ2) is 6.67. The molecule has 0 bridgehead atoms. The van der Waals surface area contributed by atoms with Crippen LogP contribution in [0.3, 0.4) is 0 Å². The number of nitrogens with zero attached hydrogens (tertiary/aromatic N) is 2. The normalized spacial score (nSPS) is 25.9. The van der Waals surface area contributed by atoms with Crippen molar-refractivity contribution in [2.75, 3.05) is 11.5 Å². The first-order valence-corrected chi connectivity index (χ1v) is 9.48. The largest absolute Gasteiger partial charge is 0.335 e. The Balaban J connectivity index is 1.80. The highest BCUT2D eigenvalue weighted by Gasteiger charge is 2.36. The summed E-state index contributed by atoms with van der Waals surface area (Å²) < 4.78 is 2.40. The van der Waals surface area contributed by atoms with Gasteiger partial charge < -0.3 is 4.57 Å². The van der Waals surface area contributed by atoms with Crippen LogP contribution in [0.25, 0.3) is 0 Å². The maximum atomic E-state index is 6.00. The lowest BCUT2D eigenvalue weighted by Gasteiger charge is -2.38. The van der Waals surface area contributed by atoms with Crippen LogP contribution in [0.4, 0.5) is 0 Å². The van der Waals surface area contributed by atoms with Crippen LogP contribution in [-0.2, 0) is 13.0 Å². The second-order valence-corrected chi connectivity index (χ2v) is 9.18. The summed E-state index contributed by atoms with van der Waals surface area (Å²) in [5, 5.41) is 0.806. The molecule has 0 N–H and O–H groups in total. The zero-order valence-corrected chi connectivity index (χ0v) is 14.4. The Morgan fingerprint density at radius 1 is 1.29 bits per heavy atom. The number of imidazole rings is 1. The molecular formula is C16H19ClN2S2. The van der Waals surface area contributed by atoms with Crippen LogP contribution < -0.4 is 0 Å². The van der Waals surface area contributed by atoms with Gasteiger partial charge in [0.15, 0.2) is 0 Å². The van der Waals surface area contributed by atoms with Gasteiger partial charge in [-0.1, -0.05) is 30.7 Å². The van der Waals surface area contributed by atoms with Gasteiger partial charge in [-0.2, -0.15) is 0 Å². The van der Waals surface area contributed by atoms with E-state index in [0.717, 1.165) is 23.9 Å². The lowest BCUT2D eigenvalue weighted by molar-refractivity contribution is 0.607. The monoisotopic (exact) mass is 338 g/mol. The Kier molecular flexibility index (Phi) is 4.87. The lowest BCUT2D eigenvalue weighted by Crippen LogP contribution is -2.35. The maximum absolute atomic E-state index is 6.00. The molecule has 0 radical (unpaired) electrons. The zero-order valence-electron chi connectivity index (χ0n) is 12.0. The first-order valence-electron chi connectivity index (χ1n) is 7.13. The van der Waals surface area contributed by atoms with Crippen molar-refractivity contribution in [3.63, 3.8) is 0 Å². The van der Waals surface area contributed by atoms with Gasteiger partial charge in [0.1, 0.15) is 0 Å². The number of halogens is 1. The molecule has 21 heavy (non-hydrogen) atoms. The van der Waals surface area contributed by atoms with E-state index in [2.05, 4.69) is 58.3 Å². The lowest BCUT2D eigenvalue weighted by atomic mass is 10.1. The fourth-order valence-electron chi connectivity index (χ4n) is 2.50. The predicted molar refractivity (Wildman–Crippen MR) is 94.2 cm³/mol. The summed E-state index contributed by atoms with van der Waals surface area (Å²) in [6.45, 7) is 3.33. The number of benzene rings is 1. The molecule has 1 aliphatic rings. The average molecular weight is 339 g/mol. The Labute approximate surface area is 139 Å². The third kappa shape index (κ3) is 3.99. The fourth-order valence-corrected chi connectivity index (χ4v) is 5.95. The summed E-state index contributed by atoms with van der Waals surface area (Å²) in [6, 6.07) is 8.28. The molecule has 5 heteroatoms. The molecular weight excluding hydrogens is 320 g/mol. The molecule has 1 aromatic heterocycles. The molecule has 0 spiro atoms. The SMILES string of the molecule is CC1CSC(Cc2ccc(Cl)cc2)(Cn2ccnc2)SC1. The van der Waals surface area contributed by atoms with E-state index in [1.165, 1.54) is 17.1 Å². The van der Waals surface area contributed by atoms with Gasteiger partial charge in [-0.25, -0.2) is 4.98 Å². The van der Waals surface area contributed by atoms with Gasteiger partial charge >= 0.3 is 0 Å². The molecule has 3 rings (SSSR count). The summed E-state index contributed by atoms with van der Waals surface area (Å²) in [6.07, 6.45) is 6.90. The highest BCUT2D eigenvalue weighted by atomic mass is 35.5. The van der Waals surface area contributed by atoms with Crippen molar-refractivity contribution >= 4 is 35.1 Å². The molecule has 0 unspecified atom stereocenters. The average Bonchev–Trinajstić information content (AvgIpc) is 2.98. The quantitative estimate of drug-likeness (QED) is 0.811. The molecule has 0 saturated carbocycles. The van der Waals surface area contributed by atoms with Crippen LogP contribution in [0.1, 0.15) is 12.5 Å². The highest BCUT2D eigenvalue weighted by molar-refractivity contribution is 8.18. The smallest absolute Gasteiger partial charge is 0.0946 e. The standard InChI is InChI=1S/C16H19ClN2S2/c1-13-9-20-16(21-10-13,11-19-7-6-18-12-19)8-14-2-4-15(17)5-3-14/h2-7,12-13H,8-11H2,1H3. The fraction of sp³-hybridized carbons (Fsp3) is 0.438. The van der Waals surface area contributed by atoms with E-state index >= 15 is 0 Å². The molecule has 2 aromatic rings. The number of hydrogen-bond acceptors (Lipinski definition) is 3. The number of aromatic nitrogens is 2. The van der Waals surface area contributed by atoms with Crippen LogP contribution >= 0.6 is 35.1 Å². The topological polar surface area (TPSA) is 17.8 Å². The summed E-state index contributed by atoms with van der Waals surface area (Å²) in [7, 11) is 0. The van der Waals surface area contributed by atoms with Crippen LogP contribution in [-0.4, -0.2) is 25.1 Å². The van der Waals surface area contributed by atoms with E-state index in [1.54, 1.807) is 0 Å². The molecule has 0 atom stereocenters. The molecule has 1 fully saturated rings. The number of hydrogen-bond donors (Lipinski definition) is 0.